The summed E-state index contributed by atoms with van der Waals surface area (Å²) in [5.74, 6) is 1.15. The minimum atomic E-state index is -3.96. The summed E-state index contributed by atoms with van der Waals surface area (Å²) in [6, 6.07) is 18.3. The second-order valence-electron chi connectivity index (χ2n) is 7.88. The third-order valence-electron chi connectivity index (χ3n) is 5.42. The van der Waals surface area contributed by atoms with Crippen LogP contribution in [0.15, 0.2) is 71.6 Å². The van der Waals surface area contributed by atoms with Gasteiger partial charge in [0.05, 0.1) is 30.8 Å². The van der Waals surface area contributed by atoms with E-state index in [9.17, 15) is 13.2 Å². The van der Waals surface area contributed by atoms with E-state index in [1.54, 1.807) is 55.6 Å². The number of nitrogens with one attached hydrogen (secondary N) is 1. The van der Waals surface area contributed by atoms with Gasteiger partial charge in [-0.3, -0.25) is 9.10 Å². The molecule has 0 saturated carbocycles. The maximum atomic E-state index is 13.5. The molecule has 35 heavy (non-hydrogen) atoms. The maximum Gasteiger partial charge on any atom is 0.264 e. The number of aryl methyl sites for hydroxylation is 1. The Labute approximate surface area is 209 Å². The van der Waals surface area contributed by atoms with Gasteiger partial charge in [-0.2, -0.15) is 0 Å². The van der Waals surface area contributed by atoms with Gasteiger partial charge in [-0.25, -0.2) is 8.42 Å². The molecule has 0 fully saturated rings. The van der Waals surface area contributed by atoms with E-state index in [1.165, 1.54) is 22.5 Å². The zero-order valence-corrected chi connectivity index (χ0v) is 20.8. The first-order valence-corrected chi connectivity index (χ1v) is 12.7. The number of rotatable bonds is 8. The maximum absolute atomic E-state index is 13.5. The van der Waals surface area contributed by atoms with E-state index in [0.717, 1.165) is 5.56 Å². The minimum Gasteiger partial charge on any atom is -0.497 e. The van der Waals surface area contributed by atoms with Crippen LogP contribution in [-0.2, 0) is 14.8 Å². The number of halogens is 1. The molecule has 0 aromatic heterocycles. The van der Waals surface area contributed by atoms with Crippen LogP contribution in [0, 0.1) is 6.92 Å². The third-order valence-corrected chi connectivity index (χ3v) is 7.45. The number of anilines is 1. The standard InChI is InChI=1S/C25H25ClN2O6S/c1-17-3-10-21(11-4-17)35(30,31)28-16-24(34-23-12-5-18(26)15-22(23)28)25(29)27-13-14-33-20-8-6-19(32-2)7-9-20/h3-12,15,24H,13-14,16H2,1-2H3,(H,27,29). The number of amides is 1. The summed E-state index contributed by atoms with van der Waals surface area (Å²) in [7, 11) is -2.38. The van der Waals surface area contributed by atoms with Crippen LogP contribution < -0.4 is 23.8 Å². The predicted molar refractivity (Wildman–Crippen MR) is 133 cm³/mol. The average molecular weight is 517 g/mol. The zero-order valence-electron chi connectivity index (χ0n) is 19.2. The molecular formula is C25H25ClN2O6S. The molecule has 0 saturated heterocycles. The van der Waals surface area contributed by atoms with E-state index >= 15 is 0 Å². The lowest BCUT2D eigenvalue weighted by atomic mass is 10.2. The molecule has 1 amide bonds. The molecule has 1 aliphatic heterocycles. The van der Waals surface area contributed by atoms with Gasteiger partial charge in [0, 0.05) is 5.02 Å². The Bertz CT molecular complexity index is 1300. The lowest BCUT2D eigenvalue weighted by Gasteiger charge is -2.34. The number of carbonyl (C=O) groups is 1. The van der Waals surface area contributed by atoms with Gasteiger partial charge in [0.2, 0.25) is 0 Å². The summed E-state index contributed by atoms with van der Waals surface area (Å²) in [6.45, 7) is 2.11. The number of hydrogen-bond donors (Lipinski definition) is 1. The molecule has 3 aromatic carbocycles. The number of hydrogen-bond acceptors (Lipinski definition) is 6. The molecule has 8 nitrogen and oxygen atoms in total. The smallest absolute Gasteiger partial charge is 0.264 e. The van der Waals surface area contributed by atoms with Crippen molar-refractivity contribution < 1.29 is 27.4 Å². The average Bonchev–Trinajstić information content (AvgIpc) is 2.86. The topological polar surface area (TPSA) is 94.2 Å². The summed E-state index contributed by atoms with van der Waals surface area (Å²) in [5, 5.41) is 3.10. The first-order valence-electron chi connectivity index (χ1n) is 10.9. The molecule has 0 spiro atoms. The number of benzene rings is 3. The fourth-order valence-electron chi connectivity index (χ4n) is 3.55. The Balaban J connectivity index is 1.46. The molecule has 3 aromatic rings. The first kappa shape index (κ1) is 24.7. The molecule has 0 radical (unpaired) electrons. The Hall–Kier alpha value is -3.43. The van der Waals surface area contributed by atoms with Gasteiger partial charge < -0.3 is 19.5 Å². The highest BCUT2D eigenvalue weighted by atomic mass is 35.5. The van der Waals surface area contributed by atoms with Crippen molar-refractivity contribution in [3.05, 3.63) is 77.3 Å². The summed E-state index contributed by atoms with van der Waals surface area (Å²) in [5.41, 5.74) is 1.22. The highest BCUT2D eigenvalue weighted by Crippen LogP contribution is 2.38. The van der Waals surface area contributed by atoms with Crippen LogP contribution in [0.25, 0.3) is 0 Å². The lowest BCUT2D eigenvalue weighted by molar-refractivity contribution is -0.127. The van der Waals surface area contributed by atoms with E-state index in [0.29, 0.717) is 16.5 Å². The van der Waals surface area contributed by atoms with Crippen LogP contribution in [0.5, 0.6) is 17.2 Å². The molecule has 0 aliphatic carbocycles. The van der Waals surface area contributed by atoms with Gasteiger partial charge in [-0.15, -0.1) is 0 Å². The van der Waals surface area contributed by atoms with Crippen LogP contribution in [0.2, 0.25) is 5.02 Å². The minimum absolute atomic E-state index is 0.114. The van der Waals surface area contributed by atoms with E-state index < -0.39 is 22.0 Å². The van der Waals surface area contributed by atoms with Gasteiger partial charge in [0.1, 0.15) is 23.9 Å². The zero-order chi connectivity index (χ0) is 25.0. The van der Waals surface area contributed by atoms with Crippen LogP contribution in [0.3, 0.4) is 0 Å². The molecule has 1 aliphatic rings. The van der Waals surface area contributed by atoms with Gasteiger partial charge >= 0.3 is 0 Å². The van der Waals surface area contributed by atoms with Crippen molar-refractivity contribution in [2.24, 2.45) is 0 Å². The first-order chi connectivity index (χ1) is 16.8. The Morgan fingerprint density at radius 3 is 2.46 bits per heavy atom. The molecule has 184 valence electrons. The summed E-state index contributed by atoms with van der Waals surface area (Å²) in [6.07, 6.45) is -1.05. The van der Waals surface area contributed by atoms with E-state index in [4.69, 9.17) is 25.8 Å². The van der Waals surface area contributed by atoms with Crippen LogP contribution >= 0.6 is 11.6 Å². The van der Waals surface area contributed by atoms with E-state index in [2.05, 4.69) is 5.32 Å². The van der Waals surface area contributed by atoms with Crippen molar-refractivity contribution in [2.75, 3.05) is 31.1 Å². The Kier molecular flexibility index (Phi) is 7.37. The number of nitrogens with zero attached hydrogens (tertiary/aromatic N) is 1. The van der Waals surface area contributed by atoms with Crippen molar-refractivity contribution in [1.82, 2.24) is 5.32 Å². The van der Waals surface area contributed by atoms with Crippen LogP contribution in [-0.4, -0.2) is 47.2 Å². The Morgan fingerprint density at radius 1 is 1.09 bits per heavy atom. The molecule has 1 N–H and O–H groups in total. The van der Waals surface area contributed by atoms with Crippen LogP contribution in [0.1, 0.15) is 5.56 Å². The van der Waals surface area contributed by atoms with Crippen LogP contribution in [0.4, 0.5) is 5.69 Å². The third kappa shape index (κ3) is 5.63. The fourth-order valence-corrected chi connectivity index (χ4v) is 5.19. The summed E-state index contributed by atoms with van der Waals surface area (Å²) < 4.78 is 44.7. The SMILES string of the molecule is COc1ccc(OCCNC(=O)C2CN(S(=O)(=O)c3ccc(C)cc3)c3cc(Cl)ccc3O2)cc1. The van der Waals surface area contributed by atoms with Crippen molar-refractivity contribution in [3.8, 4) is 17.2 Å². The normalized spacial score (nSPS) is 15.1. The summed E-state index contributed by atoms with van der Waals surface area (Å²) in [4.78, 5) is 13.0. The highest BCUT2D eigenvalue weighted by molar-refractivity contribution is 7.92. The van der Waals surface area contributed by atoms with Crippen molar-refractivity contribution in [2.45, 2.75) is 17.9 Å². The number of methoxy groups -OCH3 is 1. The highest BCUT2D eigenvalue weighted by Gasteiger charge is 2.37. The van der Waals surface area contributed by atoms with Gasteiger partial charge in [-0.1, -0.05) is 29.3 Å². The molecule has 4 rings (SSSR count). The van der Waals surface area contributed by atoms with Crippen molar-refractivity contribution >= 4 is 33.2 Å². The number of carbonyl (C=O) groups excluding carboxylic acids is 1. The van der Waals surface area contributed by atoms with Crippen molar-refractivity contribution in [1.29, 1.82) is 0 Å². The second kappa shape index (κ2) is 10.5. The monoisotopic (exact) mass is 516 g/mol. The number of sulfonamides is 1. The number of fused-ring (bicyclic) bond motifs is 1. The molecule has 10 heteroatoms. The van der Waals surface area contributed by atoms with E-state index in [-0.39, 0.29) is 36.0 Å². The second-order valence-corrected chi connectivity index (χ2v) is 10.2. The molecule has 1 heterocycles. The predicted octanol–water partition coefficient (Wildman–Crippen LogP) is 3.81. The van der Waals surface area contributed by atoms with Gasteiger partial charge in [0.25, 0.3) is 15.9 Å². The summed E-state index contributed by atoms with van der Waals surface area (Å²) >= 11 is 6.13. The molecule has 1 unspecified atom stereocenters. The largest absolute Gasteiger partial charge is 0.497 e. The molecule has 1 atom stereocenters. The lowest BCUT2D eigenvalue weighted by Crippen LogP contribution is -2.51. The number of ether oxygens (including phenoxy) is 3. The van der Waals surface area contributed by atoms with Gasteiger partial charge in [0.15, 0.2) is 6.10 Å². The van der Waals surface area contributed by atoms with Gasteiger partial charge in [-0.05, 0) is 61.5 Å². The Morgan fingerprint density at radius 2 is 1.77 bits per heavy atom. The van der Waals surface area contributed by atoms with E-state index in [1.807, 2.05) is 6.92 Å². The fraction of sp³-hybridized carbons (Fsp3) is 0.240. The quantitative estimate of drug-likeness (QED) is 0.458. The van der Waals surface area contributed by atoms with Crippen molar-refractivity contribution in [3.63, 3.8) is 0 Å². The molecular weight excluding hydrogens is 492 g/mol. The molecule has 0 bridgehead atoms.